The first kappa shape index (κ1) is 34.6. The van der Waals surface area contributed by atoms with Crippen LogP contribution in [0.3, 0.4) is 0 Å². The van der Waals surface area contributed by atoms with Crippen molar-refractivity contribution in [3.8, 4) is 5.75 Å². The maximum absolute atomic E-state index is 14.4. The molecule has 2 aromatic carbocycles. The molecule has 2 fully saturated rings. The Morgan fingerprint density at radius 3 is 2.65 bits per heavy atom. The molecule has 12 heteroatoms. The summed E-state index contributed by atoms with van der Waals surface area (Å²) in [6, 6.07) is 11.2. The Morgan fingerprint density at radius 2 is 1.90 bits per heavy atom. The molecule has 1 saturated carbocycles. The minimum absolute atomic E-state index is 0.0320. The molecule has 6 atom stereocenters. The lowest BCUT2D eigenvalue weighted by Crippen LogP contribution is -2.58. The molecular formula is C37H49ClN4O6S. The Hall–Kier alpha value is -2.86. The lowest BCUT2D eigenvalue weighted by molar-refractivity contribution is -0.0223. The summed E-state index contributed by atoms with van der Waals surface area (Å²) in [4.78, 5) is 31.0. The van der Waals surface area contributed by atoms with E-state index in [1.807, 2.05) is 32.2 Å². The molecule has 0 radical (unpaired) electrons. The first-order valence-electron chi connectivity index (χ1n) is 17.8. The average molecular weight is 713 g/mol. The van der Waals surface area contributed by atoms with Gasteiger partial charge in [0.25, 0.3) is 5.91 Å². The molecule has 0 aromatic heterocycles. The first-order chi connectivity index (χ1) is 23.6. The number of nitrogens with one attached hydrogen (secondary N) is 1. The number of urea groups is 1. The Bertz CT molecular complexity index is 1710. The summed E-state index contributed by atoms with van der Waals surface area (Å²) in [5, 5.41) is 0.750. The molecule has 49 heavy (non-hydrogen) atoms. The van der Waals surface area contributed by atoms with Gasteiger partial charge in [0.05, 0.1) is 43.3 Å². The van der Waals surface area contributed by atoms with Crippen LogP contribution in [-0.2, 0) is 31.2 Å². The van der Waals surface area contributed by atoms with Crippen molar-refractivity contribution in [2.24, 2.45) is 22.1 Å². The van der Waals surface area contributed by atoms with E-state index in [0.717, 1.165) is 80.9 Å². The number of ether oxygens (including phenoxy) is 3. The van der Waals surface area contributed by atoms with E-state index in [1.165, 1.54) is 16.0 Å². The van der Waals surface area contributed by atoms with E-state index >= 15 is 0 Å². The Morgan fingerprint density at radius 1 is 1.06 bits per heavy atom. The van der Waals surface area contributed by atoms with Crippen LogP contribution in [0.5, 0.6) is 5.75 Å². The second-order valence-corrected chi connectivity index (χ2v) is 17.4. The predicted octanol–water partition coefficient (Wildman–Crippen LogP) is 6.24. The standard InChI is InChI=1S/C37H49ClN4O6S/c1-24-6-4-8-33(47-3)30-12-9-27(30)18-42-22-37(15-5-7-25-16-28(38)11-13-31(25)37)23-48-34-14-10-26(17-32(34)42)35(43)39-49(45,21-24)40-36(44)41-19-29(20-41)46-2/h10-11,13-14,16-17,24,27,29-30,33H,4-9,12,15,18-23H2,1-3H3,(H,39,40,43,44,45)/t24-,27-,30+,33-,37-,49?/m0/s1. The van der Waals surface area contributed by atoms with Gasteiger partial charge in [-0.25, -0.2) is 9.00 Å². The monoisotopic (exact) mass is 712 g/mol. The minimum atomic E-state index is -3.43. The summed E-state index contributed by atoms with van der Waals surface area (Å²) in [7, 11) is -0.00794. The van der Waals surface area contributed by atoms with Gasteiger partial charge in [0, 0.05) is 43.3 Å². The normalized spacial score (nSPS) is 32.0. The van der Waals surface area contributed by atoms with E-state index in [0.29, 0.717) is 37.1 Å². The van der Waals surface area contributed by atoms with Crippen molar-refractivity contribution < 1.29 is 28.0 Å². The van der Waals surface area contributed by atoms with Gasteiger partial charge in [0.1, 0.15) is 15.7 Å². The van der Waals surface area contributed by atoms with Gasteiger partial charge in [0.2, 0.25) is 0 Å². The van der Waals surface area contributed by atoms with Gasteiger partial charge in [-0.3, -0.25) is 9.52 Å². The summed E-state index contributed by atoms with van der Waals surface area (Å²) >= 11 is 6.45. The van der Waals surface area contributed by atoms with Crippen LogP contribution in [0.1, 0.15) is 73.4 Å². The third-order valence-corrected chi connectivity index (χ3v) is 13.8. The minimum Gasteiger partial charge on any atom is -0.490 e. The molecule has 1 unspecified atom stereocenters. The molecule has 266 valence electrons. The van der Waals surface area contributed by atoms with E-state index in [4.69, 9.17) is 25.8 Å². The zero-order valence-electron chi connectivity index (χ0n) is 28.8. The largest absolute Gasteiger partial charge is 0.490 e. The second kappa shape index (κ2) is 14.0. The third-order valence-electron chi connectivity index (χ3n) is 11.6. The highest BCUT2D eigenvalue weighted by Crippen LogP contribution is 2.47. The van der Waals surface area contributed by atoms with E-state index < -0.39 is 21.9 Å². The number of nitrogens with zero attached hydrogens (tertiary/aromatic N) is 3. The topological polar surface area (TPSA) is 110 Å². The molecule has 3 heterocycles. The van der Waals surface area contributed by atoms with Gasteiger partial charge < -0.3 is 24.0 Å². The van der Waals surface area contributed by atoms with Gasteiger partial charge >= 0.3 is 6.03 Å². The molecule has 1 spiro atoms. The molecular weight excluding hydrogens is 664 g/mol. The summed E-state index contributed by atoms with van der Waals surface area (Å²) in [6.45, 7) is 4.91. The van der Waals surface area contributed by atoms with Crippen molar-refractivity contribution in [2.75, 3.05) is 57.7 Å². The number of halogens is 1. The quantitative estimate of drug-likeness (QED) is 0.402. The molecule has 7 rings (SSSR count). The molecule has 1 saturated heterocycles. The Labute approximate surface area is 295 Å². The van der Waals surface area contributed by atoms with Crippen LogP contribution in [0.25, 0.3) is 0 Å². The number of aryl methyl sites for hydroxylation is 1. The molecule has 3 aliphatic heterocycles. The fraction of sp³-hybridized carbons (Fsp3) is 0.622. The summed E-state index contributed by atoms with van der Waals surface area (Å²) in [5.41, 5.74) is 3.50. The van der Waals surface area contributed by atoms with Crippen molar-refractivity contribution in [1.82, 2.24) is 9.62 Å². The van der Waals surface area contributed by atoms with Crippen molar-refractivity contribution >= 4 is 39.1 Å². The van der Waals surface area contributed by atoms with Crippen molar-refractivity contribution in [2.45, 2.75) is 75.9 Å². The third kappa shape index (κ3) is 7.05. The Kier molecular flexibility index (Phi) is 9.91. The van der Waals surface area contributed by atoms with Gasteiger partial charge in [-0.2, -0.15) is 0 Å². The van der Waals surface area contributed by atoms with Gasteiger partial charge in [0.15, 0.2) is 0 Å². The summed E-state index contributed by atoms with van der Waals surface area (Å²) in [6.07, 6.45) is 7.95. The lowest BCUT2D eigenvalue weighted by atomic mass is 9.68. The fourth-order valence-electron chi connectivity index (χ4n) is 8.73. The number of carbonyl (C=O) groups excluding carboxylic acids is 2. The Balaban J connectivity index is 1.27. The van der Waals surface area contributed by atoms with Crippen LogP contribution in [0.15, 0.2) is 40.8 Å². The van der Waals surface area contributed by atoms with Crippen molar-refractivity contribution in [3.05, 3.63) is 58.1 Å². The van der Waals surface area contributed by atoms with E-state index in [2.05, 4.69) is 26.1 Å². The highest BCUT2D eigenvalue weighted by Gasteiger charge is 2.45. The fourth-order valence-corrected chi connectivity index (χ4v) is 10.8. The van der Waals surface area contributed by atoms with Crippen LogP contribution in [0.2, 0.25) is 5.02 Å². The zero-order chi connectivity index (χ0) is 34.3. The molecule has 2 aromatic rings. The number of hydrogen-bond acceptors (Lipinski definition) is 7. The lowest BCUT2D eigenvalue weighted by Gasteiger charge is -2.46. The van der Waals surface area contributed by atoms with Crippen LogP contribution in [0, 0.1) is 17.8 Å². The smallest absolute Gasteiger partial charge is 0.330 e. The van der Waals surface area contributed by atoms with E-state index in [-0.39, 0.29) is 29.3 Å². The van der Waals surface area contributed by atoms with E-state index in [1.54, 1.807) is 13.2 Å². The van der Waals surface area contributed by atoms with Crippen LogP contribution in [0.4, 0.5) is 10.5 Å². The summed E-state index contributed by atoms with van der Waals surface area (Å²) < 4.78 is 39.5. The van der Waals surface area contributed by atoms with Gasteiger partial charge in [-0.1, -0.05) is 31.0 Å². The number of rotatable bonds is 3. The van der Waals surface area contributed by atoms with Crippen molar-refractivity contribution in [3.63, 3.8) is 0 Å². The number of likely N-dealkylation sites (tertiary alicyclic amines) is 1. The highest BCUT2D eigenvalue weighted by molar-refractivity contribution is 7.92. The molecule has 2 bridgehead atoms. The number of fused-ring (bicyclic) bond motifs is 4. The number of anilines is 1. The molecule has 3 amide bonds. The molecule has 5 aliphatic rings. The first-order valence-corrected chi connectivity index (χ1v) is 19.9. The number of hydrogen-bond donors (Lipinski definition) is 1. The van der Waals surface area contributed by atoms with Gasteiger partial charge in [-0.05, 0) is 104 Å². The van der Waals surface area contributed by atoms with Crippen LogP contribution >= 0.6 is 11.6 Å². The number of carbonyl (C=O) groups is 2. The SMILES string of the molecule is COC1CN(C(=O)NS2(=O)=NC(=O)c3ccc4c(c3)N(C[C@@H]3CC[C@H]3[C@@H](OC)CCC[C@H](C)C2)C[C@@]2(CCCc3cc(Cl)ccc32)CO4)C1. The molecule has 10 nitrogen and oxygen atoms in total. The zero-order valence-corrected chi connectivity index (χ0v) is 30.4. The van der Waals surface area contributed by atoms with Gasteiger partial charge in [-0.15, -0.1) is 4.36 Å². The average Bonchev–Trinajstić information content (AvgIpc) is 3.18. The second-order valence-electron chi connectivity index (χ2n) is 15.0. The number of amides is 3. The number of methoxy groups -OCH3 is 2. The predicted molar refractivity (Wildman–Crippen MR) is 191 cm³/mol. The highest BCUT2D eigenvalue weighted by atomic mass is 35.5. The maximum Gasteiger partial charge on any atom is 0.330 e. The summed E-state index contributed by atoms with van der Waals surface area (Å²) in [5.74, 6) is 1.05. The molecule has 2 aliphatic carbocycles. The van der Waals surface area contributed by atoms with Crippen molar-refractivity contribution in [1.29, 1.82) is 0 Å². The van der Waals surface area contributed by atoms with E-state index in [9.17, 15) is 13.8 Å². The van der Waals surface area contributed by atoms with Crippen LogP contribution in [-0.4, -0.2) is 86.0 Å². The van der Waals surface area contributed by atoms with Crippen LogP contribution < -0.4 is 14.4 Å². The maximum atomic E-state index is 14.4. The molecule has 1 N–H and O–H groups in total. The number of benzene rings is 2.